The minimum Gasteiger partial charge on any atom is -0.481 e. The van der Waals surface area contributed by atoms with Crippen molar-refractivity contribution in [1.82, 2.24) is 0 Å². The van der Waals surface area contributed by atoms with Crippen molar-refractivity contribution in [2.45, 2.75) is 180 Å². The fraction of sp³-hybridized carbons (Fsp3) is 0.933. The van der Waals surface area contributed by atoms with Gasteiger partial charge in [0.25, 0.3) is 0 Å². The molecule has 0 aromatic heterocycles. The lowest BCUT2D eigenvalue weighted by Gasteiger charge is -2.18. The van der Waals surface area contributed by atoms with E-state index in [9.17, 15) is 9.59 Å². The molecule has 0 aromatic carbocycles. The summed E-state index contributed by atoms with van der Waals surface area (Å²) in [5.74, 6) is -0.720. The second-order valence-corrected chi connectivity index (χ2v) is 10.3. The first-order valence-corrected chi connectivity index (χ1v) is 15.0. The van der Waals surface area contributed by atoms with Gasteiger partial charge in [-0.15, -0.1) is 0 Å². The van der Waals surface area contributed by atoms with Gasteiger partial charge in [-0.3, -0.25) is 9.59 Å². The number of carboxylic acids is 1. The van der Waals surface area contributed by atoms with Crippen molar-refractivity contribution in [3.8, 4) is 0 Å². The first kappa shape index (κ1) is 32.9. The highest BCUT2D eigenvalue weighted by atomic mass is 16.5. The van der Waals surface area contributed by atoms with E-state index in [1.54, 1.807) is 0 Å². The number of hydrogen-bond donors (Lipinski definition) is 1. The number of hydrogen-bond acceptors (Lipinski definition) is 3. The van der Waals surface area contributed by atoms with Gasteiger partial charge in [-0.2, -0.15) is 0 Å². The zero-order valence-corrected chi connectivity index (χ0v) is 22.9. The topological polar surface area (TPSA) is 63.6 Å². The Labute approximate surface area is 212 Å². The maximum absolute atomic E-state index is 12.2. The summed E-state index contributed by atoms with van der Waals surface area (Å²) in [7, 11) is 0. The number of ether oxygens (including phenoxy) is 1. The number of unbranched alkanes of at least 4 members (excludes halogenated alkanes) is 18. The highest BCUT2D eigenvalue weighted by Crippen LogP contribution is 2.18. The molecule has 0 saturated heterocycles. The Hall–Kier alpha value is -1.06. The molecule has 4 nitrogen and oxygen atoms in total. The van der Waals surface area contributed by atoms with Crippen molar-refractivity contribution in [3.05, 3.63) is 0 Å². The van der Waals surface area contributed by atoms with E-state index >= 15 is 0 Å². The number of esters is 1. The Morgan fingerprint density at radius 2 is 0.882 bits per heavy atom. The zero-order valence-electron chi connectivity index (χ0n) is 22.9. The largest absolute Gasteiger partial charge is 0.481 e. The maximum Gasteiger partial charge on any atom is 0.306 e. The number of rotatable bonds is 27. The fourth-order valence-electron chi connectivity index (χ4n) is 4.59. The highest BCUT2D eigenvalue weighted by molar-refractivity contribution is 5.69. The van der Waals surface area contributed by atoms with Crippen molar-refractivity contribution in [2.24, 2.45) is 0 Å². The standard InChI is InChI=1S/C30H58O4/c1-3-5-7-8-9-10-11-12-13-14-15-17-21-24-28(34-30(33)27-20-6-4-2)25-22-18-16-19-23-26-29(31)32/h28H,3-27H2,1-2H3,(H,31,32). The number of carbonyl (C=O) groups is 2. The summed E-state index contributed by atoms with van der Waals surface area (Å²) in [4.78, 5) is 22.8. The Balaban J connectivity index is 3.88. The Bertz CT molecular complexity index is 449. The summed E-state index contributed by atoms with van der Waals surface area (Å²) >= 11 is 0. The van der Waals surface area contributed by atoms with E-state index in [-0.39, 0.29) is 18.5 Å². The minimum absolute atomic E-state index is 0.0189. The van der Waals surface area contributed by atoms with Gasteiger partial charge in [0.2, 0.25) is 0 Å². The van der Waals surface area contributed by atoms with Crippen LogP contribution in [0.4, 0.5) is 0 Å². The molecule has 0 spiro atoms. The number of carbonyl (C=O) groups excluding carboxylic acids is 1. The summed E-state index contributed by atoms with van der Waals surface area (Å²) in [6.45, 7) is 4.43. The predicted octanol–water partition coefficient (Wildman–Crippen LogP) is 9.78. The molecule has 0 amide bonds. The third-order valence-corrected chi connectivity index (χ3v) is 6.83. The molecule has 0 aromatic rings. The van der Waals surface area contributed by atoms with Crippen molar-refractivity contribution in [2.75, 3.05) is 0 Å². The quantitative estimate of drug-likeness (QED) is 0.0934. The molecule has 0 aliphatic carbocycles. The molecule has 202 valence electrons. The monoisotopic (exact) mass is 482 g/mol. The van der Waals surface area contributed by atoms with E-state index in [0.29, 0.717) is 6.42 Å². The second kappa shape index (κ2) is 26.5. The average Bonchev–Trinajstić information content (AvgIpc) is 2.81. The molecule has 0 rings (SSSR count). The van der Waals surface area contributed by atoms with Crippen LogP contribution in [-0.2, 0) is 14.3 Å². The van der Waals surface area contributed by atoms with Gasteiger partial charge in [0.05, 0.1) is 0 Å². The van der Waals surface area contributed by atoms with Gasteiger partial charge >= 0.3 is 11.9 Å². The van der Waals surface area contributed by atoms with Crippen LogP contribution in [0.1, 0.15) is 174 Å². The molecule has 1 N–H and O–H groups in total. The molecule has 0 radical (unpaired) electrons. The van der Waals surface area contributed by atoms with Crippen LogP contribution in [0.5, 0.6) is 0 Å². The lowest BCUT2D eigenvalue weighted by atomic mass is 10.0. The number of carboxylic acid groups (broad SMARTS) is 1. The summed E-state index contributed by atoms with van der Waals surface area (Å²) in [5, 5.41) is 8.72. The zero-order chi connectivity index (χ0) is 25.1. The Morgan fingerprint density at radius 1 is 0.529 bits per heavy atom. The van der Waals surface area contributed by atoms with Crippen molar-refractivity contribution in [3.63, 3.8) is 0 Å². The highest BCUT2D eigenvalue weighted by Gasteiger charge is 2.14. The molecule has 4 heteroatoms. The van der Waals surface area contributed by atoms with E-state index < -0.39 is 5.97 Å². The van der Waals surface area contributed by atoms with E-state index in [4.69, 9.17) is 9.84 Å². The van der Waals surface area contributed by atoms with Crippen molar-refractivity contribution < 1.29 is 19.4 Å². The molecule has 0 saturated carbocycles. The Morgan fingerprint density at radius 3 is 1.32 bits per heavy atom. The third-order valence-electron chi connectivity index (χ3n) is 6.83. The van der Waals surface area contributed by atoms with Gasteiger partial charge < -0.3 is 9.84 Å². The molecular formula is C30H58O4. The van der Waals surface area contributed by atoms with Gasteiger partial charge in [0.15, 0.2) is 0 Å². The van der Waals surface area contributed by atoms with E-state index in [0.717, 1.165) is 70.6 Å². The first-order chi connectivity index (χ1) is 16.6. The SMILES string of the molecule is CCCCCCCCCCCCCCCC(CCCCCCCC(=O)O)OC(=O)CCCCC. The summed E-state index contributed by atoms with van der Waals surface area (Å²) < 4.78 is 5.85. The van der Waals surface area contributed by atoms with Crippen LogP contribution in [-0.4, -0.2) is 23.1 Å². The van der Waals surface area contributed by atoms with E-state index in [1.165, 1.54) is 77.0 Å². The van der Waals surface area contributed by atoms with E-state index in [1.807, 2.05) is 0 Å². The van der Waals surface area contributed by atoms with Crippen LogP contribution < -0.4 is 0 Å². The molecule has 0 aliphatic rings. The van der Waals surface area contributed by atoms with Crippen LogP contribution in [0.15, 0.2) is 0 Å². The second-order valence-electron chi connectivity index (χ2n) is 10.3. The lowest BCUT2D eigenvalue weighted by Crippen LogP contribution is -2.18. The number of aliphatic carboxylic acids is 1. The summed E-state index contributed by atoms with van der Waals surface area (Å²) in [6.07, 6.45) is 28.6. The lowest BCUT2D eigenvalue weighted by molar-refractivity contribution is -0.150. The van der Waals surface area contributed by atoms with Crippen LogP contribution >= 0.6 is 0 Å². The Kier molecular flexibility index (Phi) is 25.7. The predicted molar refractivity (Wildman–Crippen MR) is 144 cm³/mol. The normalized spacial score (nSPS) is 12.1. The van der Waals surface area contributed by atoms with Gasteiger partial charge in [0, 0.05) is 12.8 Å². The fourth-order valence-corrected chi connectivity index (χ4v) is 4.59. The first-order valence-electron chi connectivity index (χ1n) is 15.0. The van der Waals surface area contributed by atoms with Crippen LogP contribution in [0.25, 0.3) is 0 Å². The molecule has 0 heterocycles. The average molecular weight is 483 g/mol. The molecule has 0 fully saturated rings. The molecule has 1 unspecified atom stereocenters. The minimum atomic E-state index is -0.701. The van der Waals surface area contributed by atoms with Gasteiger partial charge in [-0.05, 0) is 38.5 Å². The van der Waals surface area contributed by atoms with Gasteiger partial charge in [-0.25, -0.2) is 0 Å². The summed E-state index contributed by atoms with van der Waals surface area (Å²) in [5.41, 5.74) is 0. The van der Waals surface area contributed by atoms with E-state index in [2.05, 4.69) is 13.8 Å². The van der Waals surface area contributed by atoms with Gasteiger partial charge in [0.1, 0.15) is 6.10 Å². The summed E-state index contributed by atoms with van der Waals surface area (Å²) in [6, 6.07) is 0. The third kappa shape index (κ3) is 25.6. The molecular weight excluding hydrogens is 424 g/mol. The van der Waals surface area contributed by atoms with Crippen molar-refractivity contribution in [1.29, 1.82) is 0 Å². The smallest absolute Gasteiger partial charge is 0.306 e. The molecule has 0 bridgehead atoms. The molecule has 1 atom stereocenters. The molecule has 34 heavy (non-hydrogen) atoms. The van der Waals surface area contributed by atoms with Crippen LogP contribution in [0, 0.1) is 0 Å². The molecule has 0 aliphatic heterocycles. The van der Waals surface area contributed by atoms with Crippen LogP contribution in [0.3, 0.4) is 0 Å². The van der Waals surface area contributed by atoms with Crippen LogP contribution in [0.2, 0.25) is 0 Å². The van der Waals surface area contributed by atoms with Crippen molar-refractivity contribution >= 4 is 11.9 Å². The van der Waals surface area contributed by atoms with Gasteiger partial charge in [-0.1, -0.05) is 123 Å². The maximum atomic E-state index is 12.2.